The number of nitrogens with zero attached hydrogens (tertiary/aromatic N) is 2. The molecule has 0 saturated heterocycles. The summed E-state index contributed by atoms with van der Waals surface area (Å²) in [4.78, 5) is 4.56. The molecule has 96 valence electrons. The molecule has 0 unspecified atom stereocenters. The van der Waals surface area contributed by atoms with Crippen molar-refractivity contribution in [2.75, 3.05) is 0 Å². The molecular weight excluding hydrogens is 234 g/mol. The lowest BCUT2D eigenvalue weighted by Gasteiger charge is -2.05. The minimum Gasteiger partial charge on any atom is -0.341 e. The SMILES string of the molecule is Cc1cccc(Cn2cc(CN)c3ccccc32)n1. The molecule has 0 aliphatic carbocycles. The number of aromatic nitrogens is 2. The quantitative estimate of drug-likeness (QED) is 0.778. The van der Waals surface area contributed by atoms with E-state index in [0.29, 0.717) is 6.54 Å². The summed E-state index contributed by atoms with van der Waals surface area (Å²) in [6.45, 7) is 3.36. The third-order valence-electron chi connectivity index (χ3n) is 3.37. The van der Waals surface area contributed by atoms with Crippen LogP contribution < -0.4 is 5.73 Å². The number of hydrogen-bond donors (Lipinski definition) is 1. The van der Waals surface area contributed by atoms with Crippen LogP contribution in [0, 0.1) is 6.92 Å². The summed E-state index contributed by atoms with van der Waals surface area (Å²) in [6, 6.07) is 14.5. The Balaban J connectivity index is 2.06. The van der Waals surface area contributed by atoms with E-state index in [0.717, 1.165) is 17.9 Å². The van der Waals surface area contributed by atoms with Crippen molar-refractivity contribution in [3.63, 3.8) is 0 Å². The van der Waals surface area contributed by atoms with Crippen LogP contribution in [0.4, 0.5) is 0 Å². The molecule has 0 fully saturated rings. The van der Waals surface area contributed by atoms with Gasteiger partial charge in [0.2, 0.25) is 0 Å². The number of nitrogens with two attached hydrogens (primary N) is 1. The maximum Gasteiger partial charge on any atom is 0.0648 e. The minimum absolute atomic E-state index is 0.564. The predicted molar refractivity (Wildman–Crippen MR) is 77.9 cm³/mol. The molecule has 2 N–H and O–H groups in total. The molecule has 3 heteroatoms. The molecule has 0 amide bonds. The second-order valence-corrected chi connectivity index (χ2v) is 4.77. The predicted octanol–water partition coefficient (Wildman–Crippen LogP) is 2.85. The molecule has 1 aromatic carbocycles. The molecule has 3 nitrogen and oxygen atoms in total. The lowest BCUT2D eigenvalue weighted by atomic mass is 10.2. The van der Waals surface area contributed by atoms with Gasteiger partial charge in [0.1, 0.15) is 0 Å². The van der Waals surface area contributed by atoms with Gasteiger partial charge in [0.05, 0.1) is 12.2 Å². The molecule has 2 heterocycles. The van der Waals surface area contributed by atoms with Crippen LogP contribution in [0.5, 0.6) is 0 Å². The molecule has 0 aliphatic rings. The van der Waals surface area contributed by atoms with Crippen molar-refractivity contribution in [3.8, 4) is 0 Å². The van der Waals surface area contributed by atoms with Crippen molar-refractivity contribution >= 4 is 10.9 Å². The zero-order chi connectivity index (χ0) is 13.2. The van der Waals surface area contributed by atoms with Crippen LogP contribution in [0.1, 0.15) is 17.0 Å². The fourth-order valence-corrected chi connectivity index (χ4v) is 2.48. The molecule has 0 spiro atoms. The zero-order valence-electron chi connectivity index (χ0n) is 11.0. The molecule has 2 aromatic heterocycles. The summed E-state index contributed by atoms with van der Waals surface area (Å²) >= 11 is 0. The largest absolute Gasteiger partial charge is 0.341 e. The van der Waals surface area contributed by atoms with Crippen LogP contribution in [-0.4, -0.2) is 9.55 Å². The van der Waals surface area contributed by atoms with Crippen LogP contribution >= 0.6 is 0 Å². The van der Waals surface area contributed by atoms with Crippen LogP contribution in [0.3, 0.4) is 0 Å². The Hall–Kier alpha value is -2.13. The second kappa shape index (κ2) is 4.86. The van der Waals surface area contributed by atoms with E-state index in [2.05, 4.69) is 46.1 Å². The highest BCUT2D eigenvalue weighted by atomic mass is 15.0. The zero-order valence-corrected chi connectivity index (χ0v) is 11.0. The fraction of sp³-hybridized carbons (Fsp3) is 0.188. The van der Waals surface area contributed by atoms with Gasteiger partial charge in [-0.15, -0.1) is 0 Å². The average molecular weight is 251 g/mol. The highest BCUT2D eigenvalue weighted by Gasteiger charge is 2.07. The van der Waals surface area contributed by atoms with E-state index in [1.54, 1.807) is 0 Å². The van der Waals surface area contributed by atoms with Crippen molar-refractivity contribution < 1.29 is 0 Å². The number of rotatable bonds is 3. The first-order valence-corrected chi connectivity index (χ1v) is 6.47. The number of hydrogen-bond acceptors (Lipinski definition) is 2. The molecule has 19 heavy (non-hydrogen) atoms. The van der Waals surface area contributed by atoms with Gasteiger partial charge in [0, 0.05) is 29.3 Å². The van der Waals surface area contributed by atoms with Crippen LogP contribution in [0.25, 0.3) is 10.9 Å². The Morgan fingerprint density at radius 1 is 1.11 bits per heavy atom. The van der Waals surface area contributed by atoms with Crippen LogP contribution in [-0.2, 0) is 13.1 Å². The van der Waals surface area contributed by atoms with E-state index < -0.39 is 0 Å². The first-order chi connectivity index (χ1) is 9.28. The number of pyridine rings is 1. The first kappa shape index (κ1) is 11.9. The van der Waals surface area contributed by atoms with Gasteiger partial charge >= 0.3 is 0 Å². The monoisotopic (exact) mass is 251 g/mol. The standard InChI is InChI=1S/C16H17N3/c1-12-5-4-6-14(18-12)11-19-10-13(9-17)15-7-2-3-8-16(15)19/h2-8,10H,9,11,17H2,1H3. The normalized spacial score (nSPS) is 11.1. The Morgan fingerprint density at radius 2 is 1.95 bits per heavy atom. The number of aryl methyl sites for hydroxylation is 1. The Bertz CT molecular complexity index is 713. The maximum absolute atomic E-state index is 5.82. The van der Waals surface area contributed by atoms with Gasteiger partial charge in [-0.2, -0.15) is 0 Å². The summed E-state index contributed by atoms with van der Waals surface area (Å²) in [5.41, 5.74) is 10.3. The highest BCUT2D eigenvalue weighted by Crippen LogP contribution is 2.21. The topological polar surface area (TPSA) is 43.8 Å². The van der Waals surface area contributed by atoms with Crippen molar-refractivity contribution in [2.45, 2.75) is 20.0 Å². The smallest absolute Gasteiger partial charge is 0.0648 e. The lowest BCUT2D eigenvalue weighted by Crippen LogP contribution is -2.01. The van der Waals surface area contributed by atoms with Crippen molar-refractivity contribution in [2.24, 2.45) is 5.73 Å². The lowest BCUT2D eigenvalue weighted by molar-refractivity contribution is 0.797. The van der Waals surface area contributed by atoms with Crippen LogP contribution in [0.2, 0.25) is 0 Å². The van der Waals surface area contributed by atoms with E-state index in [4.69, 9.17) is 5.73 Å². The van der Waals surface area contributed by atoms with Gasteiger partial charge in [-0.1, -0.05) is 24.3 Å². The summed E-state index contributed by atoms with van der Waals surface area (Å²) in [7, 11) is 0. The Labute approximate surface area is 112 Å². The summed E-state index contributed by atoms with van der Waals surface area (Å²) < 4.78 is 2.22. The van der Waals surface area contributed by atoms with E-state index in [-0.39, 0.29) is 0 Å². The van der Waals surface area contributed by atoms with Gasteiger partial charge in [-0.05, 0) is 30.7 Å². The number of fused-ring (bicyclic) bond motifs is 1. The summed E-state index contributed by atoms with van der Waals surface area (Å²) in [6.07, 6.45) is 2.13. The van der Waals surface area contributed by atoms with Gasteiger partial charge in [0.25, 0.3) is 0 Å². The van der Waals surface area contributed by atoms with Gasteiger partial charge in [-0.3, -0.25) is 4.98 Å². The van der Waals surface area contributed by atoms with E-state index in [1.807, 2.05) is 19.1 Å². The first-order valence-electron chi connectivity index (χ1n) is 6.47. The molecule has 0 aliphatic heterocycles. The molecule has 0 atom stereocenters. The van der Waals surface area contributed by atoms with Crippen molar-refractivity contribution in [1.29, 1.82) is 0 Å². The second-order valence-electron chi connectivity index (χ2n) is 4.77. The van der Waals surface area contributed by atoms with E-state index in [1.165, 1.54) is 16.5 Å². The number of benzene rings is 1. The minimum atomic E-state index is 0.564. The molecule has 3 rings (SSSR count). The highest BCUT2D eigenvalue weighted by molar-refractivity contribution is 5.84. The van der Waals surface area contributed by atoms with Crippen LogP contribution in [0.15, 0.2) is 48.7 Å². The van der Waals surface area contributed by atoms with E-state index >= 15 is 0 Å². The summed E-state index contributed by atoms with van der Waals surface area (Å²) in [5, 5.41) is 1.23. The van der Waals surface area contributed by atoms with Gasteiger partial charge < -0.3 is 10.3 Å². The van der Waals surface area contributed by atoms with Crippen molar-refractivity contribution in [1.82, 2.24) is 9.55 Å². The summed E-state index contributed by atoms with van der Waals surface area (Å²) in [5.74, 6) is 0. The van der Waals surface area contributed by atoms with Crippen molar-refractivity contribution in [3.05, 3.63) is 65.6 Å². The maximum atomic E-state index is 5.82. The molecule has 0 bridgehead atoms. The fourth-order valence-electron chi connectivity index (χ4n) is 2.48. The average Bonchev–Trinajstić information content (AvgIpc) is 2.77. The van der Waals surface area contributed by atoms with Gasteiger partial charge in [-0.25, -0.2) is 0 Å². The molecule has 0 radical (unpaired) electrons. The molecule has 3 aromatic rings. The number of para-hydroxylation sites is 1. The van der Waals surface area contributed by atoms with E-state index in [9.17, 15) is 0 Å². The Kier molecular flexibility index (Phi) is 3.05. The molecular formula is C16H17N3. The third kappa shape index (κ3) is 2.25. The molecule has 0 saturated carbocycles. The van der Waals surface area contributed by atoms with Gasteiger partial charge in [0.15, 0.2) is 0 Å². The Morgan fingerprint density at radius 3 is 2.74 bits per heavy atom. The third-order valence-corrected chi connectivity index (χ3v) is 3.37.